The van der Waals surface area contributed by atoms with Gasteiger partial charge in [0.25, 0.3) is 18.3 Å². The zero-order valence-electron chi connectivity index (χ0n) is 26.7. The monoisotopic (exact) mass is 732 g/mol. The maximum Gasteiger partial charge on any atom is 0.435 e. The Balaban J connectivity index is 0.00000162. The van der Waals surface area contributed by atoms with Crippen molar-refractivity contribution in [3.05, 3.63) is 76.6 Å². The number of hydrogen-bond acceptors (Lipinski definition) is 10. The van der Waals surface area contributed by atoms with Crippen molar-refractivity contribution in [3.8, 4) is 17.1 Å². The highest BCUT2D eigenvalue weighted by atomic mass is 35.5. The second kappa shape index (κ2) is 16.0. The predicted molar refractivity (Wildman–Crippen MR) is 175 cm³/mol. The van der Waals surface area contributed by atoms with Crippen LogP contribution in [-0.4, -0.2) is 116 Å². The van der Waals surface area contributed by atoms with Gasteiger partial charge in [0.15, 0.2) is 17.3 Å². The first-order chi connectivity index (χ1) is 24.4. The van der Waals surface area contributed by atoms with Gasteiger partial charge in [-0.1, -0.05) is 17.7 Å². The molecule has 0 spiro atoms. The van der Waals surface area contributed by atoms with E-state index in [4.69, 9.17) is 32.0 Å². The van der Waals surface area contributed by atoms with E-state index in [1.54, 1.807) is 28.0 Å². The molecule has 4 aromatic rings. The molecule has 5 heterocycles. The van der Waals surface area contributed by atoms with Crippen molar-refractivity contribution in [2.75, 3.05) is 51.7 Å². The standard InChI is InChI=1S/C30H30ClF3N10O4.CH2O2/c31-21-11-17(1-3-19(21)28(46)42-6-8-43(9-7-42)29(47)23-16-48-10-5-36-23)12-39-27(45)26-38-14-22(40-26)20-15-44(41-25(20)30(32,33)34)24-4-2-18(35)13-37-24;2-1-3/h1-4,11,13-15,23,36H,5-10,12,16,35H2,(H,38,40)(H,39,45);1H,(H,2,3)/t23-;/m0./s1. The fourth-order valence-electron chi connectivity index (χ4n) is 5.36. The minimum atomic E-state index is -4.80. The van der Waals surface area contributed by atoms with Gasteiger partial charge in [-0.25, -0.2) is 14.6 Å². The summed E-state index contributed by atoms with van der Waals surface area (Å²) in [4.78, 5) is 61.1. The van der Waals surface area contributed by atoms with Crippen LogP contribution in [0.1, 0.15) is 32.2 Å². The number of morpholine rings is 1. The number of nitrogens with two attached hydrogens (primary N) is 1. The number of imidazole rings is 1. The highest BCUT2D eigenvalue weighted by molar-refractivity contribution is 6.33. The van der Waals surface area contributed by atoms with Crippen molar-refractivity contribution in [1.82, 2.24) is 45.2 Å². The van der Waals surface area contributed by atoms with Crippen LogP contribution < -0.4 is 16.4 Å². The van der Waals surface area contributed by atoms with E-state index >= 15 is 0 Å². The molecule has 2 saturated heterocycles. The van der Waals surface area contributed by atoms with Crippen LogP contribution >= 0.6 is 11.6 Å². The quantitative estimate of drug-likeness (QED) is 0.173. The molecule has 6 N–H and O–H groups in total. The Morgan fingerprint density at radius 1 is 1.10 bits per heavy atom. The number of carbonyl (C=O) groups excluding carboxylic acids is 3. The number of halogens is 4. The van der Waals surface area contributed by atoms with Crippen LogP contribution in [0.15, 0.2) is 48.9 Å². The molecule has 2 fully saturated rings. The molecule has 0 saturated carbocycles. The molecule has 2 aliphatic rings. The van der Waals surface area contributed by atoms with Crippen LogP contribution in [0.4, 0.5) is 18.9 Å². The summed E-state index contributed by atoms with van der Waals surface area (Å²) in [7, 11) is 0. The highest BCUT2D eigenvalue weighted by Crippen LogP contribution is 2.36. The number of ether oxygens (including phenoxy) is 1. The number of H-pyrrole nitrogens is 1. The van der Waals surface area contributed by atoms with Crippen LogP contribution in [0.25, 0.3) is 17.1 Å². The van der Waals surface area contributed by atoms with Gasteiger partial charge in [-0.05, 0) is 29.8 Å². The number of aromatic amines is 1. The van der Waals surface area contributed by atoms with Crippen LogP contribution in [-0.2, 0) is 27.0 Å². The van der Waals surface area contributed by atoms with Gasteiger partial charge in [0.1, 0.15) is 6.04 Å². The van der Waals surface area contributed by atoms with Crippen LogP contribution in [0.5, 0.6) is 0 Å². The van der Waals surface area contributed by atoms with Crippen molar-refractivity contribution >= 4 is 41.5 Å². The first-order valence-corrected chi connectivity index (χ1v) is 15.7. The zero-order valence-corrected chi connectivity index (χ0v) is 27.4. The molecule has 6 rings (SSSR count). The summed E-state index contributed by atoms with van der Waals surface area (Å²) in [5.41, 5.74) is 5.20. The van der Waals surface area contributed by atoms with Crippen LogP contribution in [0, 0.1) is 0 Å². The highest BCUT2D eigenvalue weighted by Gasteiger charge is 2.38. The third-order valence-corrected chi connectivity index (χ3v) is 8.20. The van der Waals surface area contributed by atoms with Gasteiger partial charge in [-0.3, -0.25) is 19.2 Å². The van der Waals surface area contributed by atoms with E-state index in [9.17, 15) is 27.6 Å². The minimum absolute atomic E-state index is 0.00268. The number of nitrogens with one attached hydrogen (secondary N) is 3. The normalized spacial score (nSPS) is 16.2. The average molecular weight is 733 g/mol. The Morgan fingerprint density at radius 3 is 2.45 bits per heavy atom. The Kier molecular flexibility index (Phi) is 11.5. The number of anilines is 1. The van der Waals surface area contributed by atoms with E-state index in [-0.39, 0.29) is 64.4 Å². The molecule has 0 aliphatic carbocycles. The van der Waals surface area contributed by atoms with E-state index in [1.807, 2.05) is 0 Å². The van der Waals surface area contributed by atoms with Crippen LogP contribution in [0.3, 0.4) is 0 Å². The maximum absolute atomic E-state index is 13.8. The molecule has 3 aromatic heterocycles. The summed E-state index contributed by atoms with van der Waals surface area (Å²) in [5.74, 6) is -1.12. The Labute approximate surface area is 292 Å². The minimum Gasteiger partial charge on any atom is -0.483 e. The first-order valence-electron chi connectivity index (χ1n) is 15.4. The number of nitrogen functional groups attached to an aromatic ring is 1. The van der Waals surface area contributed by atoms with Crippen molar-refractivity contribution in [3.63, 3.8) is 0 Å². The molecular weight excluding hydrogens is 701 g/mol. The van der Waals surface area contributed by atoms with Crippen molar-refractivity contribution in [1.29, 1.82) is 0 Å². The lowest BCUT2D eigenvalue weighted by atomic mass is 10.1. The average Bonchev–Trinajstić information content (AvgIpc) is 3.80. The Hall–Kier alpha value is -5.53. The summed E-state index contributed by atoms with van der Waals surface area (Å²) < 4.78 is 47.9. The molecule has 0 bridgehead atoms. The zero-order chi connectivity index (χ0) is 36.7. The maximum atomic E-state index is 13.8. The van der Waals surface area contributed by atoms with E-state index in [0.717, 1.165) is 17.1 Å². The van der Waals surface area contributed by atoms with Gasteiger partial charge in [0.2, 0.25) is 5.91 Å². The molecule has 0 unspecified atom stereocenters. The lowest BCUT2D eigenvalue weighted by Gasteiger charge is -2.37. The molecular formula is C31H32ClF3N10O6. The van der Waals surface area contributed by atoms with E-state index < -0.39 is 17.8 Å². The summed E-state index contributed by atoms with van der Waals surface area (Å²) in [6.07, 6.45) is -1.27. The van der Waals surface area contributed by atoms with Crippen LogP contribution in [0.2, 0.25) is 5.02 Å². The summed E-state index contributed by atoms with van der Waals surface area (Å²) in [6, 6.07) is 7.26. The molecule has 2 aliphatic heterocycles. The lowest BCUT2D eigenvalue weighted by molar-refractivity contribution is -0.141. The van der Waals surface area contributed by atoms with Gasteiger partial charge in [0.05, 0.1) is 53.1 Å². The Morgan fingerprint density at radius 2 is 1.82 bits per heavy atom. The molecule has 16 nitrogen and oxygen atoms in total. The number of nitrogens with zero attached hydrogens (tertiary/aromatic N) is 6. The predicted octanol–water partition coefficient (Wildman–Crippen LogP) is 1.82. The first kappa shape index (κ1) is 36.7. The number of carbonyl (C=O) groups is 4. The Bertz CT molecular complexity index is 1870. The smallest absolute Gasteiger partial charge is 0.435 e. The number of benzene rings is 1. The SMILES string of the molecule is Nc1ccc(-n2cc(-c3cnc(C(=O)NCc4ccc(C(=O)N5CCN(C(=O)[C@@H]6COCCN6)CC5)c(Cl)c4)[nH]3)c(C(F)(F)F)n2)nc1.O=CO. The lowest BCUT2D eigenvalue weighted by Crippen LogP contribution is -2.57. The summed E-state index contributed by atoms with van der Waals surface area (Å²) >= 11 is 6.46. The van der Waals surface area contributed by atoms with Gasteiger partial charge in [-0.2, -0.15) is 18.3 Å². The molecule has 270 valence electrons. The number of aromatic nitrogens is 5. The van der Waals surface area contributed by atoms with E-state index in [2.05, 4.69) is 30.7 Å². The van der Waals surface area contributed by atoms with E-state index in [1.165, 1.54) is 18.3 Å². The molecule has 51 heavy (non-hydrogen) atoms. The van der Waals surface area contributed by atoms with E-state index in [0.29, 0.717) is 57.2 Å². The van der Waals surface area contributed by atoms with Gasteiger partial charge < -0.3 is 41.0 Å². The summed E-state index contributed by atoms with van der Waals surface area (Å²) in [6.45, 7) is 2.72. The number of rotatable bonds is 7. The molecule has 3 amide bonds. The number of amides is 3. The second-order valence-electron chi connectivity index (χ2n) is 11.2. The largest absolute Gasteiger partial charge is 0.483 e. The number of hydrogen-bond donors (Lipinski definition) is 5. The number of carboxylic acid groups (broad SMARTS) is 1. The molecule has 1 atom stereocenters. The number of pyridine rings is 1. The number of piperazine rings is 1. The third kappa shape index (κ3) is 8.80. The van der Waals surface area contributed by atoms with Crippen molar-refractivity contribution in [2.45, 2.75) is 18.8 Å². The fraction of sp³-hybridized carbons (Fsp3) is 0.323. The van der Waals surface area contributed by atoms with Gasteiger partial charge in [0, 0.05) is 45.5 Å². The molecule has 1 aromatic carbocycles. The third-order valence-electron chi connectivity index (χ3n) is 7.88. The molecule has 20 heteroatoms. The number of alkyl halides is 3. The van der Waals surface area contributed by atoms with Crippen molar-refractivity contribution < 1.29 is 42.2 Å². The van der Waals surface area contributed by atoms with Gasteiger partial charge >= 0.3 is 6.18 Å². The topological polar surface area (TPSA) is 214 Å². The molecule has 0 radical (unpaired) electrons. The van der Waals surface area contributed by atoms with Gasteiger partial charge in [-0.15, -0.1) is 0 Å². The second-order valence-corrected chi connectivity index (χ2v) is 11.6. The fourth-order valence-corrected chi connectivity index (χ4v) is 5.64. The van der Waals surface area contributed by atoms with Crippen molar-refractivity contribution in [2.24, 2.45) is 0 Å². The summed E-state index contributed by atoms with van der Waals surface area (Å²) in [5, 5.41) is 16.5.